The second-order valence-corrected chi connectivity index (χ2v) is 8.19. The van der Waals surface area contributed by atoms with Crippen LogP contribution < -0.4 is 4.74 Å². The fraction of sp³-hybridized carbons (Fsp3) is 0.440. The van der Waals surface area contributed by atoms with Crippen molar-refractivity contribution >= 4 is 11.8 Å². The van der Waals surface area contributed by atoms with Crippen molar-refractivity contribution in [1.82, 2.24) is 14.7 Å². The molecule has 0 unspecified atom stereocenters. The Labute approximate surface area is 189 Å². The van der Waals surface area contributed by atoms with E-state index in [1.165, 1.54) is 0 Å². The molecule has 7 heteroatoms. The topological polar surface area (TPSA) is 62.3 Å². The number of para-hydroxylation sites is 1. The average Bonchev–Trinajstić information content (AvgIpc) is 2.85. The SMILES string of the molecule is CC(=O)N1CCN(C(=O)c2ccccc2OCCN2CCOCC2)[C@@H](c2ccccc2)C1. The normalized spacial score (nSPS) is 19.6. The molecule has 2 aromatic rings. The monoisotopic (exact) mass is 437 g/mol. The van der Waals surface area contributed by atoms with Gasteiger partial charge >= 0.3 is 0 Å². The van der Waals surface area contributed by atoms with Crippen LogP contribution in [0, 0.1) is 0 Å². The second kappa shape index (κ2) is 10.6. The van der Waals surface area contributed by atoms with Crippen molar-refractivity contribution in [2.24, 2.45) is 0 Å². The summed E-state index contributed by atoms with van der Waals surface area (Å²) >= 11 is 0. The van der Waals surface area contributed by atoms with E-state index in [1.807, 2.05) is 64.4 Å². The predicted molar refractivity (Wildman–Crippen MR) is 122 cm³/mol. The number of hydrogen-bond acceptors (Lipinski definition) is 5. The van der Waals surface area contributed by atoms with Gasteiger partial charge in [-0.05, 0) is 17.7 Å². The maximum atomic E-state index is 13.7. The standard InChI is InChI=1S/C25H31N3O4/c1-20(29)27-11-12-28(23(19-27)21-7-3-2-4-8-21)25(30)22-9-5-6-10-24(22)32-18-15-26-13-16-31-17-14-26/h2-10,23H,11-19H2,1H3/t23-/m1/s1. The van der Waals surface area contributed by atoms with Crippen LogP contribution in [0.5, 0.6) is 5.75 Å². The van der Waals surface area contributed by atoms with Crippen LogP contribution in [0.4, 0.5) is 0 Å². The van der Waals surface area contributed by atoms with Gasteiger partial charge in [0.1, 0.15) is 12.4 Å². The molecule has 2 heterocycles. The van der Waals surface area contributed by atoms with E-state index in [2.05, 4.69) is 4.90 Å². The summed E-state index contributed by atoms with van der Waals surface area (Å²) in [5.74, 6) is 0.570. The number of rotatable bonds is 6. The fourth-order valence-corrected chi connectivity index (χ4v) is 4.31. The maximum absolute atomic E-state index is 13.7. The van der Waals surface area contributed by atoms with Gasteiger partial charge in [-0.25, -0.2) is 0 Å². The lowest BCUT2D eigenvalue weighted by atomic mass is 10.0. The van der Waals surface area contributed by atoms with Gasteiger partial charge in [0.25, 0.3) is 5.91 Å². The molecule has 0 radical (unpaired) electrons. The Morgan fingerprint density at radius 1 is 0.969 bits per heavy atom. The van der Waals surface area contributed by atoms with E-state index in [0.29, 0.717) is 37.6 Å². The molecule has 2 aliphatic heterocycles. The van der Waals surface area contributed by atoms with Crippen LogP contribution in [-0.4, -0.2) is 85.6 Å². The number of nitrogens with zero attached hydrogens (tertiary/aromatic N) is 3. The van der Waals surface area contributed by atoms with Crippen molar-refractivity contribution in [3.05, 3.63) is 65.7 Å². The third-order valence-corrected chi connectivity index (χ3v) is 6.16. The molecule has 0 bridgehead atoms. The summed E-state index contributed by atoms with van der Waals surface area (Å²) < 4.78 is 11.5. The summed E-state index contributed by atoms with van der Waals surface area (Å²) in [6.07, 6.45) is 0. The summed E-state index contributed by atoms with van der Waals surface area (Å²) in [5.41, 5.74) is 1.59. The van der Waals surface area contributed by atoms with Crippen LogP contribution in [0.2, 0.25) is 0 Å². The number of benzene rings is 2. The minimum Gasteiger partial charge on any atom is -0.491 e. The molecule has 2 fully saturated rings. The minimum absolute atomic E-state index is 0.0323. The van der Waals surface area contributed by atoms with Gasteiger partial charge in [-0.1, -0.05) is 42.5 Å². The molecule has 0 spiro atoms. The minimum atomic E-state index is -0.192. The van der Waals surface area contributed by atoms with Crippen LogP contribution in [0.25, 0.3) is 0 Å². The van der Waals surface area contributed by atoms with Gasteiger partial charge in [-0.3, -0.25) is 14.5 Å². The van der Waals surface area contributed by atoms with Gasteiger partial charge < -0.3 is 19.3 Å². The van der Waals surface area contributed by atoms with Crippen molar-refractivity contribution in [2.75, 3.05) is 59.1 Å². The van der Waals surface area contributed by atoms with Gasteiger partial charge in [-0.2, -0.15) is 0 Å². The molecule has 4 rings (SSSR count). The van der Waals surface area contributed by atoms with E-state index in [0.717, 1.165) is 38.4 Å². The number of ether oxygens (including phenoxy) is 2. The molecule has 2 aliphatic rings. The Hall–Kier alpha value is -2.90. The zero-order valence-corrected chi connectivity index (χ0v) is 18.6. The summed E-state index contributed by atoms with van der Waals surface area (Å²) in [5, 5.41) is 0. The first-order chi connectivity index (χ1) is 15.6. The Morgan fingerprint density at radius 2 is 1.69 bits per heavy atom. The first-order valence-electron chi connectivity index (χ1n) is 11.3. The number of hydrogen-bond donors (Lipinski definition) is 0. The molecule has 0 N–H and O–H groups in total. The summed E-state index contributed by atoms with van der Waals surface area (Å²) in [4.78, 5) is 31.7. The number of carbonyl (C=O) groups excluding carboxylic acids is 2. The molecule has 2 amide bonds. The van der Waals surface area contributed by atoms with Crippen molar-refractivity contribution in [3.8, 4) is 5.75 Å². The summed E-state index contributed by atoms with van der Waals surface area (Å²) in [6, 6.07) is 17.2. The molecule has 1 atom stereocenters. The van der Waals surface area contributed by atoms with E-state index < -0.39 is 0 Å². The van der Waals surface area contributed by atoms with Crippen LogP contribution >= 0.6 is 0 Å². The first kappa shape index (κ1) is 22.3. The van der Waals surface area contributed by atoms with E-state index >= 15 is 0 Å². The summed E-state index contributed by atoms with van der Waals surface area (Å²) in [6.45, 7) is 7.73. The number of carbonyl (C=O) groups is 2. The third kappa shape index (κ3) is 5.29. The predicted octanol–water partition coefficient (Wildman–Crippen LogP) is 2.44. The quantitative estimate of drug-likeness (QED) is 0.695. The Kier molecular flexibility index (Phi) is 7.39. The average molecular weight is 438 g/mol. The largest absolute Gasteiger partial charge is 0.491 e. The lowest BCUT2D eigenvalue weighted by Gasteiger charge is -2.41. The Morgan fingerprint density at radius 3 is 2.44 bits per heavy atom. The molecular formula is C25H31N3O4. The van der Waals surface area contributed by atoms with Crippen molar-refractivity contribution in [3.63, 3.8) is 0 Å². The highest BCUT2D eigenvalue weighted by Crippen LogP contribution is 2.29. The second-order valence-electron chi connectivity index (χ2n) is 8.19. The van der Waals surface area contributed by atoms with Crippen LogP contribution in [0.1, 0.15) is 28.9 Å². The van der Waals surface area contributed by atoms with Crippen molar-refractivity contribution < 1.29 is 19.1 Å². The molecule has 0 saturated carbocycles. The van der Waals surface area contributed by atoms with Gasteiger partial charge in [-0.15, -0.1) is 0 Å². The Bertz CT molecular complexity index is 914. The maximum Gasteiger partial charge on any atom is 0.258 e. The molecule has 170 valence electrons. The fourth-order valence-electron chi connectivity index (χ4n) is 4.31. The van der Waals surface area contributed by atoms with Crippen molar-refractivity contribution in [1.29, 1.82) is 0 Å². The molecular weight excluding hydrogens is 406 g/mol. The molecule has 2 aromatic carbocycles. The molecule has 0 aromatic heterocycles. The molecule has 7 nitrogen and oxygen atoms in total. The van der Waals surface area contributed by atoms with Crippen molar-refractivity contribution in [2.45, 2.75) is 13.0 Å². The van der Waals surface area contributed by atoms with Crippen LogP contribution in [0.15, 0.2) is 54.6 Å². The van der Waals surface area contributed by atoms with Gasteiger partial charge in [0.2, 0.25) is 5.91 Å². The zero-order valence-electron chi connectivity index (χ0n) is 18.6. The first-order valence-corrected chi connectivity index (χ1v) is 11.3. The van der Waals surface area contributed by atoms with Crippen LogP contribution in [-0.2, 0) is 9.53 Å². The summed E-state index contributed by atoms with van der Waals surface area (Å²) in [7, 11) is 0. The number of morpholine rings is 1. The van der Waals surface area contributed by atoms with E-state index in [-0.39, 0.29) is 17.9 Å². The molecule has 32 heavy (non-hydrogen) atoms. The highest BCUT2D eigenvalue weighted by Gasteiger charge is 2.34. The van der Waals surface area contributed by atoms with E-state index in [4.69, 9.17) is 9.47 Å². The number of piperazine rings is 1. The Balaban J connectivity index is 1.50. The molecule has 2 saturated heterocycles. The van der Waals surface area contributed by atoms with Gasteiger partial charge in [0.15, 0.2) is 0 Å². The zero-order chi connectivity index (χ0) is 22.3. The lowest BCUT2D eigenvalue weighted by molar-refractivity contribution is -0.131. The highest BCUT2D eigenvalue weighted by molar-refractivity contribution is 5.97. The lowest BCUT2D eigenvalue weighted by Crippen LogP contribution is -2.51. The van der Waals surface area contributed by atoms with Gasteiger partial charge in [0.05, 0.1) is 24.8 Å². The smallest absolute Gasteiger partial charge is 0.258 e. The van der Waals surface area contributed by atoms with E-state index in [9.17, 15) is 9.59 Å². The number of amides is 2. The van der Waals surface area contributed by atoms with Gasteiger partial charge in [0, 0.05) is 46.2 Å². The highest BCUT2D eigenvalue weighted by atomic mass is 16.5. The van der Waals surface area contributed by atoms with E-state index in [1.54, 1.807) is 6.92 Å². The third-order valence-electron chi connectivity index (χ3n) is 6.16. The van der Waals surface area contributed by atoms with Crippen LogP contribution in [0.3, 0.4) is 0 Å². The molecule has 0 aliphatic carbocycles.